The molecule has 0 saturated heterocycles. The van der Waals surface area contributed by atoms with Crippen molar-refractivity contribution in [2.24, 2.45) is 0 Å². The van der Waals surface area contributed by atoms with E-state index in [1.807, 2.05) is 0 Å². The summed E-state index contributed by atoms with van der Waals surface area (Å²) in [5.41, 5.74) is 0.572. The van der Waals surface area contributed by atoms with Crippen LogP contribution in [0.5, 0.6) is 0 Å². The second-order valence-electron chi connectivity index (χ2n) is 2.26. The van der Waals surface area contributed by atoms with Gasteiger partial charge in [0.2, 0.25) is 0 Å². The van der Waals surface area contributed by atoms with E-state index in [1.54, 1.807) is 0 Å². The van der Waals surface area contributed by atoms with Crippen molar-refractivity contribution in [3.05, 3.63) is 29.8 Å². The van der Waals surface area contributed by atoms with Crippen LogP contribution in [0.4, 0.5) is 0 Å². The van der Waals surface area contributed by atoms with Crippen molar-refractivity contribution in [1.82, 2.24) is 0 Å². The van der Waals surface area contributed by atoms with Crippen molar-refractivity contribution in [2.75, 3.05) is 0 Å². The molecule has 0 atom stereocenters. The van der Waals surface area contributed by atoms with Gasteiger partial charge in [0, 0.05) is 0 Å². The molecule has 0 fully saturated rings. The standard InChI is InChI=1S/C7H8O4S.BrH.Mg/c8-5-6-1-3-7(4-2-6)12(9,10)11;;/h1-4,8H,5H2,(H,9,10,11);1H;/q;;+2/p-2. The molecule has 7 heteroatoms. The monoisotopic (exact) mass is 290 g/mol. The van der Waals surface area contributed by atoms with Crippen LogP contribution in [0.25, 0.3) is 0 Å². The van der Waals surface area contributed by atoms with Gasteiger partial charge in [-0.3, -0.25) is 0 Å². The quantitative estimate of drug-likeness (QED) is 0.458. The van der Waals surface area contributed by atoms with Crippen molar-refractivity contribution in [3.8, 4) is 0 Å². The zero-order valence-corrected chi connectivity index (χ0v) is 11.0. The Morgan fingerprint density at radius 2 is 1.64 bits per heavy atom. The van der Waals surface area contributed by atoms with Crippen molar-refractivity contribution in [2.45, 2.75) is 11.5 Å². The fraction of sp³-hybridized carbons (Fsp3) is 0.143. The van der Waals surface area contributed by atoms with Gasteiger partial charge in [-0.15, -0.1) is 0 Å². The first-order chi connectivity index (χ1) is 5.54. The SMILES string of the molecule is O=S(=O)([O-])c1ccc(CO)cc1.[Br-].[Mg+2]. The number of hydrogen-bond acceptors (Lipinski definition) is 4. The average Bonchev–Trinajstić information content (AvgIpc) is 2.03. The Morgan fingerprint density at radius 1 is 1.21 bits per heavy atom. The molecular formula is C7H7BrMgO4S. The molecule has 0 unspecified atom stereocenters. The third-order valence-electron chi connectivity index (χ3n) is 1.39. The molecule has 0 saturated carbocycles. The molecule has 1 aromatic carbocycles. The van der Waals surface area contributed by atoms with E-state index < -0.39 is 10.1 Å². The van der Waals surface area contributed by atoms with Crippen molar-refractivity contribution in [3.63, 3.8) is 0 Å². The zero-order valence-electron chi connectivity index (χ0n) is 7.18. The van der Waals surface area contributed by atoms with Gasteiger partial charge in [-0.1, -0.05) is 12.1 Å². The summed E-state index contributed by atoms with van der Waals surface area (Å²) < 4.78 is 31.2. The average molecular weight is 291 g/mol. The number of aliphatic hydroxyl groups is 1. The van der Waals surface area contributed by atoms with Gasteiger partial charge in [0.25, 0.3) is 0 Å². The maximum absolute atomic E-state index is 10.4. The van der Waals surface area contributed by atoms with Gasteiger partial charge in [-0.05, 0) is 17.7 Å². The molecule has 0 amide bonds. The van der Waals surface area contributed by atoms with E-state index in [2.05, 4.69) is 0 Å². The van der Waals surface area contributed by atoms with Crippen LogP contribution in [0.1, 0.15) is 5.56 Å². The van der Waals surface area contributed by atoms with Gasteiger partial charge >= 0.3 is 23.1 Å². The third-order valence-corrected chi connectivity index (χ3v) is 2.24. The Morgan fingerprint density at radius 3 is 1.93 bits per heavy atom. The summed E-state index contributed by atoms with van der Waals surface area (Å²) in [6.45, 7) is -0.167. The van der Waals surface area contributed by atoms with E-state index in [4.69, 9.17) is 5.11 Å². The molecule has 0 aliphatic heterocycles. The number of rotatable bonds is 2. The van der Waals surface area contributed by atoms with Crippen LogP contribution in [-0.2, 0) is 16.7 Å². The first kappa shape index (κ1) is 16.8. The van der Waals surface area contributed by atoms with Crippen molar-refractivity contribution >= 4 is 33.2 Å². The normalized spacial score (nSPS) is 9.86. The Kier molecular flexibility index (Phi) is 8.08. The van der Waals surface area contributed by atoms with Crippen molar-refractivity contribution < 1.29 is 35.1 Å². The summed E-state index contributed by atoms with van der Waals surface area (Å²) >= 11 is 0. The Bertz CT molecular complexity index is 362. The molecule has 74 valence electrons. The molecule has 1 aromatic rings. The van der Waals surface area contributed by atoms with E-state index in [9.17, 15) is 13.0 Å². The molecule has 14 heavy (non-hydrogen) atoms. The summed E-state index contributed by atoms with van der Waals surface area (Å²) in [6.07, 6.45) is 0. The topological polar surface area (TPSA) is 77.4 Å². The summed E-state index contributed by atoms with van der Waals surface area (Å²) in [4.78, 5) is -0.278. The first-order valence-corrected chi connectivity index (χ1v) is 4.60. The predicted molar refractivity (Wildman–Crippen MR) is 46.1 cm³/mol. The van der Waals surface area contributed by atoms with Gasteiger partial charge in [-0.25, -0.2) is 8.42 Å². The Hall–Kier alpha value is 0.336. The number of halogens is 1. The van der Waals surface area contributed by atoms with Crippen molar-refractivity contribution in [1.29, 1.82) is 0 Å². The third kappa shape index (κ3) is 4.72. The minimum Gasteiger partial charge on any atom is -1.00 e. The largest absolute Gasteiger partial charge is 2.00 e. The Labute approximate surface area is 109 Å². The van der Waals surface area contributed by atoms with E-state index in [0.717, 1.165) is 0 Å². The molecule has 0 heterocycles. The summed E-state index contributed by atoms with van der Waals surface area (Å²) in [6, 6.07) is 5.14. The van der Waals surface area contributed by atoms with E-state index in [-0.39, 0.29) is 51.5 Å². The molecule has 0 bridgehead atoms. The van der Waals surface area contributed by atoms with Crippen LogP contribution >= 0.6 is 0 Å². The molecule has 0 aromatic heterocycles. The molecule has 1 rings (SSSR count). The number of aliphatic hydroxyl groups excluding tert-OH is 1. The second kappa shape index (κ2) is 6.75. The number of hydrogen-bond donors (Lipinski definition) is 1. The summed E-state index contributed by atoms with van der Waals surface area (Å²) in [5.74, 6) is 0. The van der Waals surface area contributed by atoms with Crippen LogP contribution in [0.3, 0.4) is 0 Å². The fourth-order valence-corrected chi connectivity index (χ4v) is 1.23. The maximum atomic E-state index is 10.4. The molecule has 0 radical (unpaired) electrons. The van der Waals surface area contributed by atoms with E-state index in [0.29, 0.717) is 5.56 Å². The Balaban J connectivity index is 0. The summed E-state index contributed by atoms with van der Waals surface area (Å²) in [5, 5.41) is 8.60. The molecule has 0 spiro atoms. The summed E-state index contributed by atoms with van der Waals surface area (Å²) in [7, 11) is -4.36. The minimum absolute atomic E-state index is 0. The van der Waals surface area contributed by atoms with Gasteiger partial charge in [0.1, 0.15) is 10.1 Å². The van der Waals surface area contributed by atoms with Crippen LogP contribution in [0, 0.1) is 0 Å². The van der Waals surface area contributed by atoms with Gasteiger partial charge in [0.05, 0.1) is 11.5 Å². The maximum Gasteiger partial charge on any atom is 2.00 e. The van der Waals surface area contributed by atoms with Gasteiger partial charge < -0.3 is 26.6 Å². The first-order valence-electron chi connectivity index (χ1n) is 3.20. The van der Waals surface area contributed by atoms with Crippen LogP contribution in [0.2, 0.25) is 0 Å². The van der Waals surface area contributed by atoms with E-state index >= 15 is 0 Å². The molecule has 0 aliphatic carbocycles. The number of benzene rings is 1. The van der Waals surface area contributed by atoms with E-state index in [1.165, 1.54) is 24.3 Å². The molecule has 1 N–H and O–H groups in total. The van der Waals surface area contributed by atoms with Crippen LogP contribution in [0.15, 0.2) is 29.2 Å². The molecular weight excluding hydrogens is 284 g/mol. The van der Waals surface area contributed by atoms with Gasteiger partial charge in [-0.2, -0.15) is 0 Å². The molecule has 0 aliphatic rings. The minimum atomic E-state index is -4.36. The fourth-order valence-electron chi connectivity index (χ4n) is 0.762. The van der Waals surface area contributed by atoms with Gasteiger partial charge in [0.15, 0.2) is 0 Å². The zero-order chi connectivity index (χ0) is 9.19. The van der Waals surface area contributed by atoms with Crippen LogP contribution < -0.4 is 17.0 Å². The molecule has 4 nitrogen and oxygen atoms in total. The smallest absolute Gasteiger partial charge is 1.00 e. The predicted octanol–water partition coefficient (Wildman–Crippen LogP) is -3.29. The second-order valence-corrected chi connectivity index (χ2v) is 3.64. The van der Waals surface area contributed by atoms with Crippen LogP contribution in [-0.4, -0.2) is 41.1 Å².